The van der Waals surface area contributed by atoms with Gasteiger partial charge in [0, 0.05) is 6.42 Å². The van der Waals surface area contributed by atoms with Crippen molar-refractivity contribution in [3.05, 3.63) is 9.15 Å². The van der Waals surface area contributed by atoms with Gasteiger partial charge in [0.2, 0.25) is 0 Å². The molecule has 1 nitrogen and oxygen atoms in total. The molecule has 27 heavy (non-hydrogen) atoms. The Morgan fingerprint density at radius 1 is 0.963 bits per heavy atom. The molecule has 0 N–H and O–H groups in total. The Hall–Kier alpha value is 0.870. The van der Waals surface area contributed by atoms with Gasteiger partial charge in [-0.25, -0.2) is 0 Å². The molecule has 1 fully saturated rings. The number of alkyl halides is 1. The van der Waals surface area contributed by atoms with Crippen LogP contribution in [0.5, 0.6) is 0 Å². The topological polar surface area (TPSA) is 17.1 Å². The molecule has 0 heterocycles. The van der Waals surface area contributed by atoms with Gasteiger partial charge < -0.3 is 4.79 Å². The molecule has 1 aliphatic carbocycles. The van der Waals surface area contributed by atoms with Gasteiger partial charge in [-0.15, -0.1) is 0 Å². The van der Waals surface area contributed by atoms with Gasteiger partial charge in [0.25, 0.3) is 0 Å². The fraction of sp³-hybridized carbons (Fsp3) is 0.875. The summed E-state index contributed by atoms with van der Waals surface area (Å²) >= 11 is 4.59. The van der Waals surface area contributed by atoms with Crippen LogP contribution in [-0.4, -0.2) is 10.7 Å². The zero-order valence-electron chi connectivity index (χ0n) is 20.8. The van der Waals surface area contributed by atoms with Gasteiger partial charge in [-0.1, -0.05) is 103 Å². The normalized spacial score (nSPS) is 18.7. The van der Waals surface area contributed by atoms with Crippen LogP contribution in [0.2, 0.25) is 0 Å². The van der Waals surface area contributed by atoms with E-state index < -0.39 is 0 Å². The summed E-state index contributed by atoms with van der Waals surface area (Å²) in [6.07, 6.45) is 8.36. The van der Waals surface area contributed by atoms with Crippen LogP contribution in [0.4, 0.5) is 0 Å². The molecular weight excluding hydrogens is 558 g/mol. The number of ketones is 1. The van der Waals surface area contributed by atoms with E-state index in [0.29, 0.717) is 11.7 Å². The Morgan fingerprint density at radius 2 is 1.37 bits per heavy atom. The van der Waals surface area contributed by atoms with Crippen LogP contribution in [0.25, 0.3) is 0 Å². The average molecular weight is 610 g/mol. The highest BCUT2D eigenvalue weighted by atomic mass is 127. The standard InChI is InChI=1S/C13H21IO.C4H10.3C2H6.CH3I/c1-9-5-4-6-13(11(3)14)12(9)8-7-10(2)15;1-3-4-2;4*1-2/h9,12H,4-8H2,1-3H3;3-4H2,1-2H3;3*1-2H3;1H3/b13-11-;;;;;/t9?,12-;;;;;/m0...../s1. The number of hydrogen-bond acceptors (Lipinski definition) is 1. The van der Waals surface area contributed by atoms with Gasteiger partial charge in [-0.05, 0) is 82.5 Å². The van der Waals surface area contributed by atoms with Crippen LogP contribution in [0.3, 0.4) is 0 Å². The fourth-order valence-electron chi connectivity index (χ4n) is 2.59. The molecule has 0 aromatic heterocycles. The minimum Gasteiger partial charge on any atom is -0.300 e. The summed E-state index contributed by atoms with van der Waals surface area (Å²) in [6.45, 7) is 22.6. The molecule has 0 bridgehead atoms. The maximum Gasteiger partial charge on any atom is 0.129 e. The number of unbranched alkanes of at least 4 members (excludes halogenated alkanes) is 1. The lowest BCUT2D eigenvalue weighted by molar-refractivity contribution is -0.117. The van der Waals surface area contributed by atoms with E-state index in [0.717, 1.165) is 18.8 Å². The van der Waals surface area contributed by atoms with E-state index in [2.05, 4.69) is 72.9 Å². The molecule has 168 valence electrons. The Kier molecular flexibility index (Phi) is 49.0. The monoisotopic (exact) mass is 610 g/mol. The van der Waals surface area contributed by atoms with E-state index >= 15 is 0 Å². The second kappa shape index (κ2) is 34.4. The maximum atomic E-state index is 11.1. The van der Waals surface area contributed by atoms with Crippen LogP contribution >= 0.6 is 45.2 Å². The van der Waals surface area contributed by atoms with E-state index in [1.54, 1.807) is 12.5 Å². The lowest BCUT2D eigenvalue weighted by atomic mass is 9.74. The van der Waals surface area contributed by atoms with Crippen molar-refractivity contribution in [2.24, 2.45) is 11.8 Å². The molecule has 0 aliphatic heterocycles. The number of carbonyl (C=O) groups excluding carboxylic acids is 1. The van der Waals surface area contributed by atoms with Gasteiger partial charge in [0.1, 0.15) is 5.78 Å². The van der Waals surface area contributed by atoms with Crippen molar-refractivity contribution in [2.45, 2.75) is 121 Å². The third-order valence-corrected chi connectivity index (χ3v) is 4.68. The SMILES string of the molecule is CC.CC.CC.CC(=O)CC[C@@H]1/C(=C(/C)I)CCCC1C.CCCC.CI. The first-order valence-corrected chi connectivity index (χ1v) is 14.4. The largest absolute Gasteiger partial charge is 0.300 e. The quantitative estimate of drug-likeness (QED) is 0.229. The molecule has 1 aliphatic rings. The highest BCUT2D eigenvalue weighted by Crippen LogP contribution is 2.39. The number of halogens is 2. The predicted octanol–water partition coefficient (Wildman–Crippen LogP) is 10.4. The molecule has 0 saturated heterocycles. The van der Waals surface area contributed by atoms with Gasteiger partial charge in [0.15, 0.2) is 0 Å². The third kappa shape index (κ3) is 26.9. The van der Waals surface area contributed by atoms with E-state index in [1.807, 2.05) is 46.5 Å². The van der Waals surface area contributed by atoms with Crippen molar-refractivity contribution < 1.29 is 4.79 Å². The molecule has 3 heteroatoms. The van der Waals surface area contributed by atoms with Gasteiger partial charge in [-0.3, -0.25) is 0 Å². The second-order valence-corrected chi connectivity index (χ2v) is 7.39. The van der Waals surface area contributed by atoms with Crippen LogP contribution < -0.4 is 0 Å². The summed E-state index contributed by atoms with van der Waals surface area (Å²) in [5.74, 6) is 1.76. The number of rotatable bonds is 4. The molecule has 0 spiro atoms. The van der Waals surface area contributed by atoms with Crippen LogP contribution in [-0.2, 0) is 4.79 Å². The molecule has 0 aromatic rings. The second-order valence-electron chi connectivity index (χ2n) is 5.78. The molecule has 0 amide bonds. The van der Waals surface area contributed by atoms with Crippen LogP contribution in [0.15, 0.2) is 9.15 Å². The van der Waals surface area contributed by atoms with E-state index in [9.17, 15) is 4.79 Å². The zero-order chi connectivity index (χ0) is 22.8. The third-order valence-electron chi connectivity index (χ3n) is 3.99. The molecule has 1 saturated carbocycles. The highest BCUT2D eigenvalue weighted by molar-refractivity contribution is 14.1. The number of allylic oxidation sites excluding steroid dienone is 2. The number of carbonyl (C=O) groups is 1. The van der Waals surface area contributed by atoms with Crippen LogP contribution in [0, 0.1) is 11.8 Å². The van der Waals surface area contributed by atoms with Crippen LogP contribution in [0.1, 0.15) is 121 Å². The molecule has 0 radical (unpaired) electrons. The molecule has 0 aromatic carbocycles. The minimum absolute atomic E-state index is 0.332. The fourth-order valence-corrected chi connectivity index (χ4v) is 3.26. The summed E-state index contributed by atoms with van der Waals surface area (Å²) in [4.78, 5) is 13.0. The lowest BCUT2D eigenvalue weighted by Crippen LogP contribution is -2.20. The Bertz CT molecular complexity index is 293. The number of hydrogen-bond donors (Lipinski definition) is 0. The molecule has 1 unspecified atom stereocenters. The molecular formula is C24H52I2O. The summed E-state index contributed by atoms with van der Waals surface area (Å²) in [5.41, 5.74) is 1.62. The van der Waals surface area contributed by atoms with E-state index in [-0.39, 0.29) is 0 Å². The average Bonchev–Trinajstić information content (AvgIpc) is 2.73. The van der Waals surface area contributed by atoms with Gasteiger partial charge >= 0.3 is 0 Å². The minimum atomic E-state index is 0.332. The van der Waals surface area contributed by atoms with Gasteiger partial charge in [0.05, 0.1) is 0 Å². The molecule has 1 rings (SSSR count). The van der Waals surface area contributed by atoms with Crippen molar-refractivity contribution in [1.29, 1.82) is 0 Å². The highest BCUT2D eigenvalue weighted by Gasteiger charge is 2.26. The van der Waals surface area contributed by atoms with Gasteiger partial charge in [-0.2, -0.15) is 0 Å². The first-order valence-electron chi connectivity index (χ1n) is 11.2. The maximum absolute atomic E-state index is 11.1. The zero-order valence-corrected chi connectivity index (χ0v) is 25.1. The van der Waals surface area contributed by atoms with Crippen molar-refractivity contribution in [3.63, 3.8) is 0 Å². The van der Waals surface area contributed by atoms with Crippen molar-refractivity contribution in [3.8, 4) is 0 Å². The first kappa shape index (κ1) is 38.5. The lowest BCUT2D eigenvalue weighted by Gasteiger charge is -2.32. The summed E-state index contributed by atoms with van der Waals surface area (Å²) in [7, 11) is 0. The summed E-state index contributed by atoms with van der Waals surface area (Å²) < 4.78 is 1.45. The van der Waals surface area contributed by atoms with Crippen molar-refractivity contribution in [2.75, 3.05) is 4.93 Å². The first-order chi connectivity index (χ1) is 12.9. The Labute approximate surface area is 201 Å². The van der Waals surface area contributed by atoms with Crippen molar-refractivity contribution >= 4 is 51.0 Å². The predicted molar refractivity (Wildman–Crippen MR) is 148 cm³/mol. The number of Topliss-reactive ketones (excluding diaryl/α,β-unsaturated/α-hetero) is 1. The Balaban J connectivity index is -0.000000113. The smallest absolute Gasteiger partial charge is 0.129 e. The van der Waals surface area contributed by atoms with E-state index in [1.165, 1.54) is 35.7 Å². The Morgan fingerprint density at radius 3 is 1.67 bits per heavy atom. The molecule has 2 atom stereocenters. The van der Waals surface area contributed by atoms with E-state index in [4.69, 9.17) is 0 Å². The van der Waals surface area contributed by atoms with Crippen molar-refractivity contribution in [1.82, 2.24) is 0 Å². The summed E-state index contributed by atoms with van der Waals surface area (Å²) in [6, 6.07) is 0. The summed E-state index contributed by atoms with van der Waals surface area (Å²) in [5, 5.41) is 0.